The fraction of sp³-hybridized carbons (Fsp3) is 0.387. The molecule has 0 radical (unpaired) electrons. The number of carboxylic acid groups (broad SMARTS) is 1. The van der Waals surface area contributed by atoms with Crippen molar-refractivity contribution in [2.24, 2.45) is 5.92 Å². The number of anilines is 1. The summed E-state index contributed by atoms with van der Waals surface area (Å²) in [4.78, 5) is 40.5. The van der Waals surface area contributed by atoms with E-state index in [-0.39, 0.29) is 23.6 Å². The van der Waals surface area contributed by atoms with Crippen LogP contribution in [0.3, 0.4) is 0 Å². The van der Waals surface area contributed by atoms with Crippen LogP contribution in [0, 0.1) is 5.92 Å². The van der Waals surface area contributed by atoms with Gasteiger partial charge >= 0.3 is 5.97 Å². The standard InChI is InChI=1S/C31H31ClN2O4/c32-21-14-13-18-15-20(12-11-19(18)16-21)29(36)27(35)17-31(30(37)38,34-22-5-3-6-22)28-23-7-1-2-9-25(23)33-26-10-4-8-24(26)28/h1-2,7,9,11-16,22,24,26,28,33-34H,3-6,8,10,17H2,(H,37,38)/t24-,26+,28?,31?/m0/s1. The number of benzene rings is 3. The molecular weight excluding hydrogens is 500 g/mol. The van der Waals surface area contributed by atoms with E-state index in [1.165, 1.54) is 0 Å². The number of hydrogen-bond acceptors (Lipinski definition) is 5. The van der Waals surface area contributed by atoms with Crippen LogP contribution in [-0.4, -0.2) is 40.3 Å². The fourth-order valence-electron chi connectivity index (χ4n) is 6.82. The summed E-state index contributed by atoms with van der Waals surface area (Å²) in [5.41, 5.74) is 0.520. The number of carboxylic acids is 1. The number of rotatable bonds is 8. The first-order chi connectivity index (χ1) is 18.4. The van der Waals surface area contributed by atoms with E-state index in [0.29, 0.717) is 5.02 Å². The van der Waals surface area contributed by atoms with Crippen molar-refractivity contribution in [3.05, 3.63) is 76.8 Å². The highest BCUT2D eigenvalue weighted by molar-refractivity contribution is 6.44. The van der Waals surface area contributed by atoms with E-state index in [1.54, 1.807) is 30.3 Å². The molecule has 2 unspecified atom stereocenters. The topological polar surface area (TPSA) is 95.5 Å². The minimum Gasteiger partial charge on any atom is -0.480 e. The molecule has 2 saturated carbocycles. The van der Waals surface area contributed by atoms with Crippen molar-refractivity contribution in [2.45, 2.75) is 68.5 Å². The average molecular weight is 531 g/mol. The Bertz CT molecular complexity index is 1430. The van der Waals surface area contributed by atoms with Crippen molar-refractivity contribution in [3.63, 3.8) is 0 Å². The summed E-state index contributed by atoms with van der Waals surface area (Å²) in [6.45, 7) is 0. The summed E-state index contributed by atoms with van der Waals surface area (Å²) < 4.78 is 0. The van der Waals surface area contributed by atoms with E-state index in [2.05, 4.69) is 10.6 Å². The van der Waals surface area contributed by atoms with Gasteiger partial charge in [-0.2, -0.15) is 0 Å². The lowest BCUT2D eigenvalue weighted by molar-refractivity contribution is -0.149. The minimum absolute atomic E-state index is 0.0151. The molecule has 0 bridgehead atoms. The molecule has 196 valence electrons. The van der Waals surface area contributed by atoms with Crippen LogP contribution in [0.15, 0.2) is 60.7 Å². The molecular formula is C31H31ClN2O4. The summed E-state index contributed by atoms with van der Waals surface area (Å²) in [6.07, 6.45) is 5.21. The SMILES string of the molecule is O=C(CC(NC1CCC1)(C(=O)O)C1c2ccccc2N[C@@H]2CCC[C@H]12)C(=O)c1ccc2cc(Cl)ccc2c1. The zero-order valence-electron chi connectivity index (χ0n) is 21.1. The molecule has 1 aliphatic heterocycles. The third kappa shape index (κ3) is 4.30. The predicted molar refractivity (Wildman–Crippen MR) is 148 cm³/mol. The van der Waals surface area contributed by atoms with Crippen LogP contribution in [0.4, 0.5) is 5.69 Å². The van der Waals surface area contributed by atoms with Gasteiger partial charge in [-0.3, -0.25) is 19.7 Å². The molecule has 3 N–H and O–H groups in total. The molecule has 4 atom stereocenters. The van der Waals surface area contributed by atoms with Crippen molar-refractivity contribution in [1.29, 1.82) is 0 Å². The second-order valence-corrected chi connectivity index (χ2v) is 11.5. The summed E-state index contributed by atoms with van der Waals surface area (Å²) in [5, 5.41) is 20.2. The average Bonchev–Trinajstić information content (AvgIpc) is 3.35. The van der Waals surface area contributed by atoms with E-state index in [9.17, 15) is 19.5 Å². The highest BCUT2D eigenvalue weighted by Crippen LogP contribution is 2.52. The third-order valence-electron chi connectivity index (χ3n) is 8.87. The van der Waals surface area contributed by atoms with Gasteiger partial charge in [0, 0.05) is 40.7 Å². The highest BCUT2D eigenvalue weighted by atomic mass is 35.5. The van der Waals surface area contributed by atoms with E-state index in [1.807, 2.05) is 30.3 Å². The Hall–Kier alpha value is -3.22. The molecule has 0 amide bonds. The number of nitrogens with one attached hydrogen (secondary N) is 2. The Kier molecular flexibility index (Phi) is 6.48. The molecule has 2 aliphatic carbocycles. The van der Waals surface area contributed by atoms with Crippen molar-refractivity contribution in [2.75, 3.05) is 5.32 Å². The van der Waals surface area contributed by atoms with E-state index in [4.69, 9.17) is 11.6 Å². The first kappa shape index (κ1) is 25.1. The molecule has 6 nitrogen and oxygen atoms in total. The maximum absolute atomic E-state index is 13.7. The van der Waals surface area contributed by atoms with Gasteiger partial charge in [0.25, 0.3) is 0 Å². The molecule has 6 rings (SSSR count). The second kappa shape index (κ2) is 9.83. The van der Waals surface area contributed by atoms with Gasteiger partial charge in [-0.1, -0.05) is 60.8 Å². The Morgan fingerprint density at radius 2 is 1.68 bits per heavy atom. The molecule has 38 heavy (non-hydrogen) atoms. The van der Waals surface area contributed by atoms with Crippen LogP contribution < -0.4 is 10.6 Å². The van der Waals surface area contributed by atoms with Crippen molar-refractivity contribution in [3.8, 4) is 0 Å². The normalized spacial score (nSPS) is 24.0. The van der Waals surface area contributed by atoms with Crippen LogP contribution in [0.25, 0.3) is 10.8 Å². The number of aliphatic carboxylic acids is 1. The lowest BCUT2D eigenvalue weighted by Crippen LogP contribution is -2.64. The number of ketones is 2. The van der Waals surface area contributed by atoms with E-state index >= 15 is 0 Å². The summed E-state index contributed by atoms with van der Waals surface area (Å²) in [7, 11) is 0. The number of hydrogen-bond donors (Lipinski definition) is 3. The Labute approximate surface area is 226 Å². The zero-order valence-corrected chi connectivity index (χ0v) is 21.8. The number of fused-ring (bicyclic) bond motifs is 3. The minimum atomic E-state index is -1.58. The number of carbonyl (C=O) groups is 3. The first-order valence-electron chi connectivity index (χ1n) is 13.5. The molecule has 0 spiro atoms. The zero-order chi connectivity index (χ0) is 26.4. The molecule has 3 aromatic rings. The second-order valence-electron chi connectivity index (χ2n) is 11.1. The van der Waals surface area contributed by atoms with Crippen LogP contribution in [0.5, 0.6) is 0 Å². The third-order valence-corrected chi connectivity index (χ3v) is 9.11. The lowest BCUT2D eigenvalue weighted by atomic mass is 9.64. The van der Waals surface area contributed by atoms with Gasteiger partial charge < -0.3 is 10.4 Å². The largest absolute Gasteiger partial charge is 0.480 e. The van der Waals surface area contributed by atoms with E-state index in [0.717, 1.165) is 60.5 Å². The lowest BCUT2D eigenvalue weighted by Gasteiger charge is -2.49. The highest BCUT2D eigenvalue weighted by Gasteiger charge is 2.56. The van der Waals surface area contributed by atoms with Crippen molar-refractivity contribution >= 4 is 45.6 Å². The smallest absolute Gasteiger partial charge is 0.325 e. The molecule has 0 saturated heterocycles. The molecule has 1 heterocycles. The van der Waals surface area contributed by atoms with Crippen LogP contribution in [-0.2, 0) is 9.59 Å². The van der Waals surface area contributed by atoms with Gasteiger partial charge in [0.1, 0.15) is 5.54 Å². The number of halogens is 1. The maximum atomic E-state index is 13.7. The predicted octanol–water partition coefficient (Wildman–Crippen LogP) is 5.98. The first-order valence-corrected chi connectivity index (χ1v) is 13.9. The van der Waals surface area contributed by atoms with Gasteiger partial charge in [-0.25, -0.2) is 0 Å². The van der Waals surface area contributed by atoms with Gasteiger partial charge in [-0.05, 0) is 72.2 Å². The molecule has 0 aromatic heterocycles. The van der Waals surface area contributed by atoms with Crippen LogP contribution in [0.1, 0.15) is 66.8 Å². The number of Topliss-reactive ketones (excluding diaryl/α,β-unsaturated/α-hetero) is 2. The van der Waals surface area contributed by atoms with Gasteiger partial charge in [0.05, 0.1) is 0 Å². The Morgan fingerprint density at radius 1 is 0.947 bits per heavy atom. The van der Waals surface area contributed by atoms with Crippen LogP contribution >= 0.6 is 11.6 Å². The number of para-hydroxylation sites is 1. The van der Waals surface area contributed by atoms with Gasteiger partial charge in [0.2, 0.25) is 11.6 Å². The monoisotopic (exact) mass is 530 g/mol. The quantitative estimate of drug-likeness (QED) is 0.245. The number of carbonyl (C=O) groups excluding carboxylic acids is 2. The Balaban J connectivity index is 1.40. The Morgan fingerprint density at radius 3 is 2.45 bits per heavy atom. The fourth-order valence-corrected chi connectivity index (χ4v) is 7.00. The molecule has 3 aromatic carbocycles. The maximum Gasteiger partial charge on any atom is 0.325 e. The van der Waals surface area contributed by atoms with Crippen molar-refractivity contribution < 1.29 is 19.5 Å². The van der Waals surface area contributed by atoms with Crippen LogP contribution in [0.2, 0.25) is 5.02 Å². The van der Waals surface area contributed by atoms with Crippen molar-refractivity contribution in [1.82, 2.24) is 5.32 Å². The van der Waals surface area contributed by atoms with Gasteiger partial charge in [-0.15, -0.1) is 0 Å². The van der Waals surface area contributed by atoms with E-state index < -0.39 is 35.4 Å². The summed E-state index contributed by atoms with van der Waals surface area (Å²) >= 11 is 6.09. The van der Waals surface area contributed by atoms with Gasteiger partial charge in [0.15, 0.2) is 0 Å². The molecule has 7 heteroatoms. The summed E-state index contributed by atoms with van der Waals surface area (Å²) in [5.74, 6) is -2.78. The molecule has 2 fully saturated rings. The molecule has 3 aliphatic rings. The summed E-state index contributed by atoms with van der Waals surface area (Å²) in [6, 6.07) is 18.4.